The minimum Gasteiger partial charge on any atom is -0.465 e. The molecule has 0 unspecified atom stereocenters. The van der Waals surface area contributed by atoms with E-state index < -0.39 is 6.09 Å². The summed E-state index contributed by atoms with van der Waals surface area (Å²) in [6.07, 6.45) is 3.77. The summed E-state index contributed by atoms with van der Waals surface area (Å²) in [4.78, 5) is 10.5. The van der Waals surface area contributed by atoms with Gasteiger partial charge in [-0.25, -0.2) is 4.79 Å². The van der Waals surface area contributed by atoms with Crippen molar-refractivity contribution in [2.75, 3.05) is 6.54 Å². The molecular formula is C9H16N2O2. The Bertz CT molecular complexity index is 208. The molecule has 0 bridgehead atoms. The van der Waals surface area contributed by atoms with Crippen LogP contribution in [0.4, 0.5) is 4.79 Å². The molecule has 1 saturated carbocycles. The Balaban J connectivity index is 1.94. The van der Waals surface area contributed by atoms with Gasteiger partial charge >= 0.3 is 6.09 Å². The van der Waals surface area contributed by atoms with Gasteiger partial charge in [0.1, 0.15) is 0 Å². The van der Waals surface area contributed by atoms with Gasteiger partial charge in [-0.1, -0.05) is 0 Å². The fourth-order valence-corrected chi connectivity index (χ4v) is 2.67. The lowest BCUT2D eigenvalue weighted by molar-refractivity contribution is 0.184. The van der Waals surface area contributed by atoms with Gasteiger partial charge in [0, 0.05) is 12.1 Å². The number of piperidine rings is 1. The standard InChI is InChI=1S/C9H16N2O2/c12-9(13)11-7-4-3-6-2-1-5-10-8(6)7/h6-8,10-11H,1-5H2,(H,12,13)/t6-,7+,8+/m1/s1. The normalized spacial score (nSPS) is 38.3. The molecule has 1 heterocycles. The first-order chi connectivity index (χ1) is 6.27. The highest BCUT2D eigenvalue weighted by Crippen LogP contribution is 2.32. The molecule has 0 aromatic rings. The first-order valence-electron chi connectivity index (χ1n) is 5.00. The van der Waals surface area contributed by atoms with Crippen LogP contribution in [-0.4, -0.2) is 29.8 Å². The van der Waals surface area contributed by atoms with Crippen LogP contribution in [0, 0.1) is 5.92 Å². The topological polar surface area (TPSA) is 61.4 Å². The van der Waals surface area contributed by atoms with E-state index in [0.717, 1.165) is 13.0 Å². The van der Waals surface area contributed by atoms with E-state index in [-0.39, 0.29) is 6.04 Å². The van der Waals surface area contributed by atoms with Crippen molar-refractivity contribution in [2.45, 2.75) is 37.8 Å². The van der Waals surface area contributed by atoms with Gasteiger partial charge in [-0.05, 0) is 38.1 Å². The predicted molar refractivity (Wildman–Crippen MR) is 48.7 cm³/mol. The van der Waals surface area contributed by atoms with Gasteiger partial charge in [-0.15, -0.1) is 0 Å². The minimum atomic E-state index is -0.891. The lowest BCUT2D eigenvalue weighted by atomic mass is 9.93. The predicted octanol–water partition coefficient (Wildman–Crippen LogP) is 0.785. The van der Waals surface area contributed by atoms with Crippen molar-refractivity contribution < 1.29 is 9.90 Å². The van der Waals surface area contributed by atoms with E-state index in [1.807, 2.05) is 0 Å². The van der Waals surface area contributed by atoms with Gasteiger partial charge in [0.25, 0.3) is 0 Å². The fraction of sp³-hybridized carbons (Fsp3) is 0.889. The lowest BCUT2D eigenvalue weighted by Crippen LogP contribution is -2.51. The third-order valence-corrected chi connectivity index (χ3v) is 3.23. The van der Waals surface area contributed by atoms with E-state index in [1.165, 1.54) is 19.3 Å². The van der Waals surface area contributed by atoms with Crippen LogP contribution in [-0.2, 0) is 0 Å². The zero-order chi connectivity index (χ0) is 9.26. The summed E-state index contributed by atoms with van der Waals surface area (Å²) in [7, 11) is 0. The van der Waals surface area contributed by atoms with E-state index in [9.17, 15) is 4.79 Å². The first kappa shape index (κ1) is 8.81. The van der Waals surface area contributed by atoms with Crippen LogP contribution in [0.3, 0.4) is 0 Å². The highest BCUT2D eigenvalue weighted by Gasteiger charge is 2.37. The number of carbonyl (C=O) groups is 1. The van der Waals surface area contributed by atoms with Gasteiger partial charge in [-0.3, -0.25) is 0 Å². The Morgan fingerprint density at radius 2 is 2.23 bits per heavy atom. The van der Waals surface area contributed by atoms with Crippen LogP contribution >= 0.6 is 0 Å². The van der Waals surface area contributed by atoms with Crippen molar-refractivity contribution in [3.63, 3.8) is 0 Å². The SMILES string of the molecule is O=C(O)N[C@H]1CC[C@H]2CCCN[C@@H]21. The van der Waals surface area contributed by atoms with Crippen molar-refractivity contribution in [3.8, 4) is 0 Å². The second-order valence-corrected chi connectivity index (χ2v) is 4.02. The Kier molecular flexibility index (Phi) is 2.40. The van der Waals surface area contributed by atoms with Crippen LogP contribution in [0.1, 0.15) is 25.7 Å². The van der Waals surface area contributed by atoms with E-state index in [0.29, 0.717) is 12.0 Å². The van der Waals surface area contributed by atoms with Crippen LogP contribution in [0.5, 0.6) is 0 Å². The van der Waals surface area contributed by atoms with Crippen LogP contribution in [0.2, 0.25) is 0 Å². The van der Waals surface area contributed by atoms with Gasteiger partial charge in [0.05, 0.1) is 0 Å². The molecule has 4 nitrogen and oxygen atoms in total. The molecule has 3 N–H and O–H groups in total. The number of nitrogens with one attached hydrogen (secondary N) is 2. The molecule has 1 aliphatic heterocycles. The molecule has 0 radical (unpaired) electrons. The van der Waals surface area contributed by atoms with E-state index in [4.69, 9.17) is 5.11 Å². The lowest BCUT2D eigenvalue weighted by Gasteiger charge is -2.30. The summed E-state index contributed by atoms with van der Waals surface area (Å²) < 4.78 is 0. The third-order valence-electron chi connectivity index (χ3n) is 3.23. The average molecular weight is 184 g/mol. The Hall–Kier alpha value is -0.770. The summed E-state index contributed by atoms with van der Waals surface area (Å²) in [5.41, 5.74) is 0. The highest BCUT2D eigenvalue weighted by atomic mass is 16.4. The molecule has 1 amide bonds. The molecule has 0 spiro atoms. The summed E-state index contributed by atoms with van der Waals surface area (Å²) in [5, 5.41) is 14.6. The summed E-state index contributed by atoms with van der Waals surface area (Å²) in [6.45, 7) is 1.04. The Morgan fingerprint density at radius 1 is 1.38 bits per heavy atom. The Labute approximate surface area is 77.7 Å². The van der Waals surface area contributed by atoms with Crippen molar-refractivity contribution in [2.24, 2.45) is 5.92 Å². The summed E-state index contributed by atoms with van der Waals surface area (Å²) >= 11 is 0. The maximum atomic E-state index is 10.5. The van der Waals surface area contributed by atoms with Gasteiger partial charge < -0.3 is 15.7 Å². The second-order valence-electron chi connectivity index (χ2n) is 4.02. The molecule has 0 aromatic carbocycles. The number of hydrogen-bond donors (Lipinski definition) is 3. The van der Waals surface area contributed by atoms with Gasteiger partial charge in [0.2, 0.25) is 0 Å². The first-order valence-corrected chi connectivity index (χ1v) is 5.00. The minimum absolute atomic E-state index is 0.141. The number of carboxylic acid groups (broad SMARTS) is 1. The van der Waals surface area contributed by atoms with Gasteiger partial charge in [-0.2, -0.15) is 0 Å². The van der Waals surface area contributed by atoms with Gasteiger partial charge in [0.15, 0.2) is 0 Å². The second kappa shape index (κ2) is 3.54. The smallest absolute Gasteiger partial charge is 0.404 e. The van der Waals surface area contributed by atoms with E-state index in [1.54, 1.807) is 0 Å². The van der Waals surface area contributed by atoms with Crippen molar-refractivity contribution in [1.82, 2.24) is 10.6 Å². The van der Waals surface area contributed by atoms with Crippen molar-refractivity contribution >= 4 is 6.09 Å². The molecule has 1 saturated heterocycles. The molecule has 3 atom stereocenters. The summed E-state index contributed by atoms with van der Waals surface area (Å²) in [5.74, 6) is 0.700. The maximum absolute atomic E-state index is 10.5. The third kappa shape index (κ3) is 1.77. The molecular weight excluding hydrogens is 168 g/mol. The molecule has 0 aromatic heterocycles. The Morgan fingerprint density at radius 3 is 3.00 bits per heavy atom. The molecule has 13 heavy (non-hydrogen) atoms. The number of rotatable bonds is 1. The number of amides is 1. The molecule has 74 valence electrons. The molecule has 2 fully saturated rings. The van der Waals surface area contributed by atoms with Crippen LogP contribution in [0.25, 0.3) is 0 Å². The molecule has 2 rings (SSSR count). The van der Waals surface area contributed by atoms with Crippen LogP contribution in [0.15, 0.2) is 0 Å². The average Bonchev–Trinajstić information content (AvgIpc) is 2.48. The monoisotopic (exact) mass is 184 g/mol. The molecule has 1 aliphatic carbocycles. The zero-order valence-electron chi connectivity index (χ0n) is 7.62. The van der Waals surface area contributed by atoms with Crippen molar-refractivity contribution in [1.29, 1.82) is 0 Å². The largest absolute Gasteiger partial charge is 0.465 e. The molecule has 4 heteroatoms. The number of hydrogen-bond acceptors (Lipinski definition) is 2. The van der Waals surface area contributed by atoms with Crippen molar-refractivity contribution in [3.05, 3.63) is 0 Å². The van der Waals surface area contributed by atoms with Crippen LogP contribution < -0.4 is 10.6 Å². The quantitative estimate of drug-likeness (QED) is 0.564. The maximum Gasteiger partial charge on any atom is 0.404 e. The van der Waals surface area contributed by atoms with E-state index in [2.05, 4.69) is 10.6 Å². The molecule has 2 aliphatic rings. The zero-order valence-corrected chi connectivity index (χ0v) is 7.62. The summed E-state index contributed by atoms with van der Waals surface area (Å²) in [6, 6.07) is 0.535. The fourth-order valence-electron chi connectivity index (χ4n) is 2.67. The number of fused-ring (bicyclic) bond motifs is 1. The van der Waals surface area contributed by atoms with E-state index >= 15 is 0 Å². The highest BCUT2D eigenvalue weighted by molar-refractivity contribution is 5.65.